The second-order valence-corrected chi connectivity index (χ2v) is 11.1. The third-order valence-electron chi connectivity index (χ3n) is 4.65. The van der Waals surface area contributed by atoms with Crippen LogP contribution in [0.4, 0.5) is 5.69 Å². The van der Waals surface area contributed by atoms with Crippen LogP contribution in [0.25, 0.3) is 10.8 Å². The Balaban J connectivity index is 2.35. The van der Waals surface area contributed by atoms with Gasteiger partial charge in [-0.05, 0) is 50.4 Å². The first-order valence-electron chi connectivity index (χ1n) is 10.0. The molecule has 0 heterocycles. The summed E-state index contributed by atoms with van der Waals surface area (Å²) in [6.07, 6.45) is 0. The fourth-order valence-electron chi connectivity index (χ4n) is 3.36. The van der Waals surface area contributed by atoms with E-state index in [-0.39, 0.29) is 32.0 Å². The molecule has 3 N–H and O–H groups in total. The van der Waals surface area contributed by atoms with E-state index in [1.54, 1.807) is 51.1 Å². The highest BCUT2D eigenvalue weighted by atomic mass is 35.5. The smallest absolute Gasteiger partial charge is 0.327 e. The van der Waals surface area contributed by atoms with Crippen LogP contribution in [0.5, 0.6) is 0 Å². The molecule has 3 aromatic rings. The minimum Gasteiger partial charge on any atom is -0.459 e. The van der Waals surface area contributed by atoms with Crippen LogP contribution in [-0.2, 0) is 19.6 Å². The molecule has 0 radical (unpaired) electrons. The number of fused-ring (bicyclic) bond motifs is 1. The lowest BCUT2D eigenvalue weighted by Gasteiger charge is -2.29. The molecule has 8 nitrogen and oxygen atoms in total. The number of benzene rings is 3. The summed E-state index contributed by atoms with van der Waals surface area (Å²) >= 11 is 12.1. The number of hydrogen-bond donors (Lipinski definition) is 2. The van der Waals surface area contributed by atoms with Gasteiger partial charge in [0.15, 0.2) is 5.84 Å². The van der Waals surface area contributed by atoms with Crippen molar-refractivity contribution >= 4 is 61.5 Å². The lowest BCUT2D eigenvalue weighted by molar-refractivity contribution is -0.152. The maximum Gasteiger partial charge on any atom is 0.327 e. The zero-order valence-electron chi connectivity index (χ0n) is 18.6. The number of rotatable bonds is 6. The van der Waals surface area contributed by atoms with Crippen LogP contribution >= 0.6 is 23.2 Å². The van der Waals surface area contributed by atoms with Crippen LogP contribution in [0.2, 0.25) is 10.0 Å². The van der Waals surface area contributed by atoms with Gasteiger partial charge in [-0.25, -0.2) is 8.42 Å². The van der Waals surface area contributed by atoms with Gasteiger partial charge in [0.1, 0.15) is 12.1 Å². The first-order valence-corrected chi connectivity index (χ1v) is 12.2. The van der Waals surface area contributed by atoms with E-state index in [4.69, 9.17) is 33.7 Å². The van der Waals surface area contributed by atoms with Crippen molar-refractivity contribution in [3.63, 3.8) is 0 Å². The molecule has 0 saturated carbocycles. The third-order valence-corrected chi connectivity index (χ3v) is 6.81. The first kappa shape index (κ1) is 25.6. The molecule has 3 aromatic carbocycles. The fraction of sp³-hybridized carbons (Fsp3) is 0.217. The molecule has 0 spiro atoms. The van der Waals surface area contributed by atoms with Crippen LogP contribution < -0.4 is 10.0 Å². The van der Waals surface area contributed by atoms with Gasteiger partial charge in [-0.3, -0.25) is 9.10 Å². The van der Waals surface area contributed by atoms with Gasteiger partial charge in [-0.1, -0.05) is 58.7 Å². The normalized spacial score (nSPS) is 12.6. The average Bonchev–Trinajstić information content (AvgIpc) is 2.74. The largest absolute Gasteiger partial charge is 0.459 e. The Hall–Kier alpha value is -3.01. The standard InChI is InChI=1S/C23H23Cl2N3O5S/c1-23(2,3)33-20(29)13-28(34(31,32)17-11-15(24)10-16(25)12-17)21-18-7-5-4-6-14(18)8-9-19(21)22(26)27-30/h4-12,30H,13H2,1-3H3,(H2,26,27). The van der Waals surface area contributed by atoms with Crippen LogP contribution in [0, 0.1) is 0 Å². The van der Waals surface area contributed by atoms with Crippen molar-refractivity contribution in [1.82, 2.24) is 0 Å². The van der Waals surface area contributed by atoms with E-state index in [9.17, 15) is 18.4 Å². The molecular formula is C23H23Cl2N3O5S. The maximum absolute atomic E-state index is 13.9. The molecule has 0 aliphatic rings. The van der Waals surface area contributed by atoms with Gasteiger partial charge in [0, 0.05) is 21.0 Å². The molecule has 0 fully saturated rings. The molecule has 34 heavy (non-hydrogen) atoms. The molecule has 3 rings (SSSR count). The van der Waals surface area contributed by atoms with E-state index in [0.29, 0.717) is 10.8 Å². The number of halogens is 2. The number of nitrogens with zero attached hydrogens (tertiary/aromatic N) is 2. The van der Waals surface area contributed by atoms with Crippen LogP contribution in [-0.4, -0.2) is 37.6 Å². The predicted octanol–water partition coefficient (Wildman–Crippen LogP) is 4.78. The second-order valence-electron chi connectivity index (χ2n) is 8.37. The summed E-state index contributed by atoms with van der Waals surface area (Å²) in [7, 11) is -4.43. The van der Waals surface area contributed by atoms with E-state index in [0.717, 1.165) is 4.31 Å². The highest BCUT2D eigenvalue weighted by Crippen LogP contribution is 2.36. The van der Waals surface area contributed by atoms with Gasteiger partial charge in [-0.15, -0.1) is 0 Å². The van der Waals surface area contributed by atoms with Crippen LogP contribution in [0.15, 0.2) is 64.6 Å². The van der Waals surface area contributed by atoms with Crippen LogP contribution in [0.3, 0.4) is 0 Å². The molecule has 180 valence electrons. The number of carbonyl (C=O) groups is 1. The third kappa shape index (κ3) is 5.55. The van der Waals surface area contributed by atoms with Gasteiger partial charge in [0.05, 0.1) is 10.6 Å². The van der Waals surface area contributed by atoms with Crippen molar-refractivity contribution in [3.8, 4) is 0 Å². The Morgan fingerprint density at radius 1 is 1.09 bits per heavy atom. The summed E-state index contributed by atoms with van der Waals surface area (Å²) in [5, 5.41) is 13.7. The molecule has 0 bridgehead atoms. The number of hydrogen-bond acceptors (Lipinski definition) is 6. The van der Waals surface area contributed by atoms with Crippen molar-refractivity contribution in [2.75, 3.05) is 10.8 Å². The summed E-state index contributed by atoms with van der Waals surface area (Å²) in [6.45, 7) is 4.31. The van der Waals surface area contributed by atoms with Crippen molar-refractivity contribution in [2.45, 2.75) is 31.3 Å². The number of ether oxygens (including phenoxy) is 1. The fourth-order valence-corrected chi connectivity index (χ4v) is 5.54. The van der Waals surface area contributed by atoms with Crippen molar-refractivity contribution < 1.29 is 23.2 Å². The van der Waals surface area contributed by atoms with Gasteiger partial charge in [0.2, 0.25) is 0 Å². The van der Waals surface area contributed by atoms with Crippen molar-refractivity contribution in [1.29, 1.82) is 0 Å². The van der Waals surface area contributed by atoms with E-state index in [2.05, 4.69) is 5.16 Å². The number of nitrogens with two attached hydrogens (primary N) is 1. The number of amidine groups is 1. The molecule has 0 aliphatic carbocycles. The quantitative estimate of drug-likeness (QED) is 0.157. The predicted molar refractivity (Wildman–Crippen MR) is 133 cm³/mol. The molecule has 0 saturated heterocycles. The number of oxime groups is 1. The van der Waals surface area contributed by atoms with Gasteiger partial charge in [0.25, 0.3) is 10.0 Å². The Labute approximate surface area is 207 Å². The molecule has 0 atom stereocenters. The Morgan fingerprint density at radius 2 is 1.71 bits per heavy atom. The molecule has 0 amide bonds. The van der Waals surface area contributed by atoms with Crippen molar-refractivity contribution in [3.05, 3.63) is 70.2 Å². The lowest BCUT2D eigenvalue weighted by Crippen LogP contribution is -2.40. The van der Waals surface area contributed by atoms with Crippen LogP contribution in [0.1, 0.15) is 26.3 Å². The lowest BCUT2D eigenvalue weighted by atomic mass is 10.0. The monoisotopic (exact) mass is 523 g/mol. The Morgan fingerprint density at radius 3 is 2.29 bits per heavy atom. The zero-order chi connectivity index (χ0) is 25.3. The first-order chi connectivity index (χ1) is 15.8. The minimum atomic E-state index is -4.43. The van der Waals surface area contributed by atoms with Crippen molar-refractivity contribution in [2.24, 2.45) is 10.9 Å². The maximum atomic E-state index is 13.9. The van der Waals surface area contributed by atoms with E-state index in [1.165, 1.54) is 24.3 Å². The molecule has 0 aromatic heterocycles. The van der Waals surface area contributed by atoms with Gasteiger partial charge >= 0.3 is 5.97 Å². The minimum absolute atomic E-state index is 0.0374. The summed E-state index contributed by atoms with van der Waals surface area (Å²) in [5.41, 5.74) is 5.18. The number of carbonyl (C=O) groups excluding carboxylic acids is 1. The topological polar surface area (TPSA) is 122 Å². The number of anilines is 1. The molecular weight excluding hydrogens is 501 g/mol. The average molecular weight is 524 g/mol. The Bertz CT molecular complexity index is 1360. The van der Waals surface area contributed by atoms with E-state index < -0.39 is 28.1 Å². The number of sulfonamides is 1. The SMILES string of the molecule is CC(C)(C)OC(=O)CN(c1c(C(N)=NO)ccc2ccccc12)S(=O)(=O)c1cc(Cl)cc(Cl)c1. The summed E-state index contributed by atoms with van der Waals surface area (Å²) < 4.78 is 34.1. The van der Waals surface area contributed by atoms with E-state index >= 15 is 0 Å². The van der Waals surface area contributed by atoms with Gasteiger partial charge in [-0.2, -0.15) is 0 Å². The molecule has 0 aliphatic heterocycles. The highest BCUT2D eigenvalue weighted by Gasteiger charge is 2.33. The highest BCUT2D eigenvalue weighted by molar-refractivity contribution is 7.93. The second kappa shape index (κ2) is 9.69. The summed E-state index contributed by atoms with van der Waals surface area (Å²) in [4.78, 5) is 12.6. The van der Waals surface area contributed by atoms with Gasteiger partial charge < -0.3 is 15.7 Å². The molecule has 11 heteroatoms. The van der Waals surface area contributed by atoms with E-state index in [1.807, 2.05) is 0 Å². The zero-order valence-corrected chi connectivity index (χ0v) is 20.9. The number of esters is 1. The Kier molecular flexibility index (Phi) is 7.30. The summed E-state index contributed by atoms with van der Waals surface area (Å²) in [5.74, 6) is -1.14. The summed E-state index contributed by atoms with van der Waals surface area (Å²) in [6, 6.07) is 14.0. The molecule has 0 unspecified atom stereocenters.